The van der Waals surface area contributed by atoms with Crippen LogP contribution in [0.2, 0.25) is 0 Å². The van der Waals surface area contributed by atoms with Gasteiger partial charge < -0.3 is 31.9 Å². The van der Waals surface area contributed by atoms with Crippen LogP contribution in [-0.4, -0.2) is 69.8 Å². The molecule has 7 N–H and O–H groups in total. The minimum absolute atomic E-state index is 0.0188. The average Bonchev–Trinajstić information content (AvgIpc) is 2.62. The average molecular weight is 435 g/mol. The minimum atomic E-state index is -1.29. The topological polar surface area (TPSA) is 188 Å². The van der Waals surface area contributed by atoms with E-state index in [4.69, 9.17) is 10.8 Å². The van der Waals surface area contributed by atoms with E-state index in [-0.39, 0.29) is 24.5 Å². The van der Waals surface area contributed by atoms with E-state index in [1.807, 2.05) is 0 Å². The van der Waals surface area contributed by atoms with Gasteiger partial charge >= 0.3 is 11.9 Å². The molecule has 0 rings (SSSR count). The molecule has 0 aromatic heterocycles. The predicted octanol–water partition coefficient (Wildman–Crippen LogP) is -1.29. The fraction of sp³-hybridized carbons (Fsp3) is 0.706. The molecule has 0 saturated carbocycles. The SMILES string of the molecule is CC(C)CC(NC(=O)C(CCC(=O)O)NC(=O)C(C)NC(=O)C(N)CS)C(=O)O. The van der Waals surface area contributed by atoms with Crippen LogP contribution in [0.25, 0.3) is 0 Å². The molecule has 0 bridgehead atoms. The van der Waals surface area contributed by atoms with Crippen molar-refractivity contribution >= 4 is 42.3 Å². The van der Waals surface area contributed by atoms with Crippen LogP contribution in [0.1, 0.15) is 40.0 Å². The molecule has 0 aliphatic heterocycles. The maximum Gasteiger partial charge on any atom is 0.326 e. The highest BCUT2D eigenvalue weighted by Gasteiger charge is 2.29. The van der Waals surface area contributed by atoms with Gasteiger partial charge in [0.1, 0.15) is 18.1 Å². The number of thiol groups is 1. The molecule has 0 saturated heterocycles. The first-order valence-electron chi connectivity index (χ1n) is 9.11. The molecule has 29 heavy (non-hydrogen) atoms. The maximum absolute atomic E-state index is 12.5. The van der Waals surface area contributed by atoms with Gasteiger partial charge in [-0.25, -0.2) is 4.79 Å². The van der Waals surface area contributed by atoms with Gasteiger partial charge in [0.2, 0.25) is 17.7 Å². The third kappa shape index (κ3) is 10.7. The summed E-state index contributed by atoms with van der Waals surface area (Å²) in [5.74, 6) is -4.56. The molecular weight excluding hydrogens is 404 g/mol. The van der Waals surface area contributed by atoms with E-state index in [2.05, 4.69) is 28.6 Å². The van der Waals surface area contributed by atoms with Crippen molar-refractivity contribution in [1.29, 1.82) is 0 Å². The van der Waals surface area contributed by atoms with Crippen LogP contribution in [-0.2, 0) is 24.0 Å². The Labute approximate surface area is 174 Å². The molecule has 0 heterocycles. The largest absolute Gasteiger partial charge is 0.481 e. The number of carboxylic acids is 2. The number of hydrogen-bond donors (Lipinski definition) is 7. The summed E-state index contributed by atoms with van der Waals surface area (Å²) < 4.78 is 0. The lowest BCUT2D eigenvalue weighted by atomic mass is 10.0. The lowest BCUT2D eigenvalue weighted by Crippen LogP contribution is -2.56. The Balaban J connectivity index is 5.17. The molecule has 0 aliphatic rings. The van der Waals surface area contributed by atoms with Crippen molar-refractivity contribution in [2.24, 2.45) is 11.7 Å². The van der Waals surface area contributed by atoms with Crippen molar-refractivity contribution in [3.63, 3.8) is 0 Å². The summed E-state index contributed by atoms with van der Waals surface area (Å²) in [5, 5.41) is 25.1. The maximum atomic E-state index is 12.5. The number of carbonyl (C=O) groups excluding carboxylic acids is 3. The summed E-state index contributed by atoms with van der Waals surface area (Å²) in [6.07, 6.45) is -0.516. The molecule has 4 unspecified atom stereocenters. The molecule has 0 fully saturated rings. The van der Waals surface area contributed by atoms with Crippen LogP contribution < -0.4 is 21.7 Å². The Bertz CT molecular complexity index is 615. The number of carbonyl (C=O) groups is 5. The highest BCUT2D eigenvalue weighted by molar-refractivity contribution is 7.80. The number of hydrogen-bond acceptors (Lipinski definition) is 7. The fourth-order valence-electron chi connectivity index (χ4n) is 2.27. The van der Waals surface area contributed by atoms with E-state index in [1.54, 1.807) is 13.8 Å². The molecule has 0 aromatic rings. The molecule has 4 atom stereocenters. The second kappa shape index (κ2) is 13.0. The van der Waals surface area contributed by atoms with E-state index in [0.717, 1.165) is 0 Å². The highest BCUT2D eigenvalue weighted by Crippen LogP contribution is 2.07. The van der Waals surface area contributed by atoms with E-state index in [1.165, 1.54) is 6.92 Å². The number of rotatable bonds is 13. The minimum Gasteiger partial charge on any atom is -0.481 e. The van der Waals surface area contributed by atoms with Crippen LogP contribution in [0.15, 0.2) is 0 Å². The number of aliphatic carboxylic acids is 2. The van der Waals surface area contributed by atoms with Gasteiger partial charge in [-0.1, -0.05) is 13.8 Å². The van der Waals surface area contributed by atoms with Crippen LogP contribution in [0, 0.1) is 5.92 Å². The summed E-state index contributed by atoms with van der Waals surface area (Å²) >= 11 is 3.89. The lowest BCUT2D eigenvalue weighted by molar-refractivity contribution is -0.143. The van der Waals surface area contributed by atoms with Gasteiger partial charge in [-0.15, -0.1) is 0 Å². The Hall–Kier alpha value is -2.34. The van der Waals surface area contributed by atoms with Gasteiger partial charge in [-0.3, -0.25) is 19.2 Å². The van der Waals surface area contributed by atoms with Gasteiger partial charge in [0.05, 0.1) is 6.04 Å². The molecule has 0 aromatic carbocycles. The molecule has 3 amide bonds. The van der Waals surface area contributed by atoms with Crippen molar-refractivity contribution in [2.75, 3.05) is 5.75 Å². The van der Waals surface area contributed by atoms with Crippen molar-refractivity contribution in [2.45, 2.75) is 64.2 Å². The van der Waals surface area contributed by atoms with E-state index < -0.39 is 60.2 Å². The summed E-state index contributed by atoms with van der Waals surface area (Å²) in [4.78, 5) is 58.8. The standard InChI is InChI=1S/C17H30N4O7S/c1-8(2)6-12(17(27)28)21-16(26)11(4-5-13(22)23)20-14(24)9(3)19-15(25)10(18)7-29/h8-12,29H,4-7,18H2,1-3H3,(H,19,25)(H,20,24)(H,21,26)(H,22,23)(H,27,28). The van der Waals surface area contributed by atoms with Crippen LogP contribution in [0.3, 0.4) is 0 Å². The number of carboxylic acid groups (broad SMARTS) is 2. The van der Waals surface area contributed by atoms with Crippen LogP contribution >= 0.6 is 12.6 Å². The van der Waals surface area contributed by atoms with Gasteiger partial charge in [0, 0.05) is 12.2 Å². The molecule has 166 valence electrons. The third-order valence-electron chi connectivity index (χ3n) is 3.89. The van der Waals surface area contributed by atoms with E-state index in [0.29, 0.717) is 0 Å². The summed E-state index contributed by atoms with van der Waals surface area (Å²) in [7, 11) is 0. The molecular formula is C17H30N4O7S. The van der Waals surface area contributed by atoms with Crippen molar-refractivity contribution in [3.8, 4) is 0 Å². The zero-order chi connectivity index (χ0) is 22.7. The third-order valence-corrected chi connectivity index (χ3v) is 4.28. The number of nitrogens with two attached hydrogens (primary N) is 1. The zero-order valence-electron chi connectivity index (χ0n) is 16.7. The zero-order valence-corrected chi connectivity index (χ0v) is 17.6. The van der Waals surface area contributed by atoms with Crippen molar-refractivity contribution < 1.29 is 34.2 Å². The van der Waals surface area contributed by atoms with Crippen LogP contribution in [0.4, 0.5) is 0 Å². The monoisotopic (exact) mass is 434 g/mol. The summed E-state index contributed by atoms with van der Waals surface area (Å²) in [6, 6.07) is -4.45. The van der Waals surface area contributed by atoms with Gasteiger partial charge in [-0.2, -0.15) is 12.6 Å². The van der Waals surface area contributed by atoms with Crippen LogP contribution in [0.5, 0.6) is 0 Å². The Morgan fingerprint density at radius 3 is 1.90 bits per heavy atom. The summed E-state index contributed by atoms with van der Waals surface area (Å²) in [5.41, 5.74) is 5.51. The van der Waals surface area contributed by atoms with Crippen molar-refractivity contribution in [1.82, 2.24) is 16.0 Å². The number of amides is 3. The van der Waals surface area contributed by atoms with Crippen molar-refractivity contribution in [3.05, 3.63) is 0 Å². The second-order valence-corrected chi connectivity index (χ2v) is 7.41. The first-order chi connectivity index (χ1) is 13.4. The molecule has 0 radical (unpaired) electrons. The predicted molar refractivity (Wildman–Crippen MR) is 107 cm³/mol. The lowest BCUT2D eigenvalue weighted by Gasteiger charge is -2.24. The first-order valence-corrected chi connectivity index (χ1v) is 9.74. The molecule has 11 nitrogen and oxygen atoms in total. The second-order valence-electron chi connectivity index (χ2n) is 7.04. The molecule has 0 spiro atoms. The summed E-state index contributed by atoms with van der Waals surface area (Å²) in [6.45, 7) is 4.93. The van der Waals surface area contributed by atoms with Gasteiger partial charge in [-0.05, 0) is 25.7 Å². The Morgan fingerprint density at radius 2 is 1.45 bits per heavy atom. The normalized spacial score (nSPS) is 15.0. The molecule has 0 aliphatic carbocycles. The Kier molecular flexibility index (Phi) is 11.9. The highest BCUT2D eigenvalue weighted by atomic mass is 32.1. The van der Waals surface area contributed by atoms with E-state index >= 15 is 0 Å². The van der Waals surface area contributed by atoms with E-state index in [9.17, 15) is 29.1 Å². The van der Waals surface area contributed by atoms with Gasteiger partial charge in [0.25, 0.3) is 0 Å². The number of nitrogens with one attached hydrogen (secondary N) is 3. The molecule has 12 heteroatoms. The Morgan fingerprint density at radius 1 is 0.897 bits per heavy atom. The fourth-order valence-corrected chi connectivity index (χ4v) is 2.43. The smallest absolute Gasteiger partial charge is 0.326 e. The first kappa shape index (κ1) is 26.7. The quantitative estimate of drug-likeness (QED) is 0.174. The van der Waals surface area contributed by atoms with Gasteiger partial charge in [0.15, 0.2) is 0 Å².